The number of aryl methyl sites for hydroxylation is 1. The highest BCUT2D eigenvalue weighted by molar-refractivity contribution is 7.09. The SMILES string of the molecule is O[C@@H](c1cc2n(n1)CCCN(Cc1nc(-c3ccccc3)cs1)C2)C1CC1. The normalized spacial score (nSPS) is 18.9. The molecule has 1 fully saturated rings. The van der Waals surface area contributed by atoms with E-state index in [-0.39, 0.29) is 6.10 Å². The van der Waals surface area contributed by atoms with Crippen molar-refractivity contribution in [2.75, 3.05) is 6.54 Å². The van der Waals surface area contributed by atoms with E-state index in [0.29, 0.717) is 5.92 Å². The van der Waals surface area contributed by atoms with Crippen LogP contribution in [0.4, 0.5) is 0 Å². The molecule has 27 heavy (non-hydrogen) atoms. The lowest BCUT2D eigenvalue weighted by Gasteiger charge is -2.17. The summed E-state index contributed by atoms with van der Waals surface area (Å²) in [5.41, 5.74) is 4.30. The van der Waals surface area contributed by atoms with Crippen LogP contribution in [0.1, 0.15) is 41.8 Å². The molecule has 5 rings (SSSR count). The summed E-state index contributed by atoms with van der Waals surface area (Å²) in [5.74, 6) is 0.423. The number of benzene rings is 1. The van der Waals surface area contributed by atoms with Gasteiger partial charge in [-0.15, -0.1) is 11.3 Å². The highest BCUT2D eigenvalue weighted by Gasteiger charge is 2.33. The molecule has 3 heterocycles. The molecule has 1 aliphatic carbocycles. The summed E-state index contributed by atoms with van der Waals surface area (Å²) in [4.78, 5) is 7.29. The van der Waals surface area contributed by atoms with Crippen molar-refractivity contribution in [1.82, 2.24) is 19.7 Å². The third-order valence-corrected chi connectivity index (χ3v) is 6.30. The summed E-state index contributed by atoms with van der Waals surface area (Å²) in [6, 6.07) is 12.5. The molecule has 1 N–H and O–H groups in total. The van der Waals surface area contributed by atoms with E-state index in [1.165, 1.54) is 11.3 Å². The van der Waals surface area contributed by atoms with Crippen molar-refractivity contribution in [2.45, 2.75) is 45.0 Å². The van der Waals surface area contributed by atoms with Gasteiger partial charge in [-0.2, -0.15) is 5.10 Å². The van der Waals surface area contributed by atoms with Gasteiger partial charge in [0, 0.05) is 30.6 Å². The predicted molar refractivity (Wildman–Crippen MR) is 106 cm³/mol. The van der Waals surface area contributed by atoms with Crippen LogP contribution in [0.5, 0.6) is 0 Å². The Hall–Kier alpha value is -2.02. The lowest BCUT2D eigenvalue weighted by molar-refractivity contribution is 0.148. The van der Waals surface area contributed by atoms with E-state index >= 15 is 0 Å². The van der Waals surface area contributed by atoms with Crippen molar-refractivity contribution in [3.05, 3.63) is 58.2 Å². The molecule has 1 aromatic carbocycles. The van der Waals surface area contributed by atoms with Gasteiger partial charge >= 0.3 is 0 Å². The quantitative estimate of drug-likeness (QED) is 0.730. The third-order valence-electron chi connectivity index (χ3n) is 5.46. The van der Waals surface area contributed by atoms with Crippen LogP contribution >= 0.6 is 11.3 Å². The summed E-state index contributed by atoms with van der Waals surface area (Å²) in [7, 11) is 0. The number of aromatic nitrogens is 3. The first kappa shape index (κ1) is 17.1. The third kappa shape index (κ3) is 3.70. The van der Waals surface area contributed by atoms with Gasteiger partial charge in [-0.05, 0) is 31.2 Å². The molecule has 1 saturated carbocycles. The lowest BCUT2D eigenvalue weighted by Crippen LogP contribution is -2.22. The zero-order chi connectivity index (χ0) is 18.2. The maximum atomic E-state index is 10.4. The zero-order valence-corrected chi connectivity index (χ0v) is 16.1. The Morgan fingerprint density at radius 3 is 2.85 bits per heavy atom. The minimum Gasteiger partial charge on any atom is -0.386 e. The number of thiazole rings is 1. The van der Waals surface area contributed by atoms with Crippen molar-refractivity contribution in [2.24, 2.45) is 5.92 Å². The van der Waals surface area contributed by atoms with Gasteiger partial charge in [0.2, 0.25) is 0 Å². The van der Waals surface area contributed by atoms with Crippen molar-refractivity contribution in [3.63, 3.8) is 0 Å². The summed E-state index contributed by atoms with van der Waals surface area (Å²) < 4.78 is 2.10. The van der Waals surface area contributed by atoms with E-state index in [1.807, 2.05) is 6.07 Å². The lowest BCUT2D eigenvalue weighted by atomic mass is 10.1. The molecular weight excluding hydrogens is 356 g/mol. The molecule has 0 amide bonds. The van der Waals surface area contributed by atoms with Crippen LogP contribution in [0.25, 0.3) is 11.3 Å². The van der Waals surface area contributed by atoms with Gasteiger partial charge in [-0.3, -0.25) is 9.58 Å². The fourth-order valence-corrected chi connectivity index (χ4v) is 4.64. The molecule has 2 aliphatic rings. The van der Waals surface area contributed by atoms with Crippen LogP contribution in [0.2, 0.25) is 0 Å². The standard InChI is InChI=1S/C21H24N4OS/c26-21(16-7-8-16)18-11-17-12-24(9-4-10-25(17)23-18)13-20-22-19(14-27-20)15-5-2-1-3-6-15/h1-3,5-6,11,14,16,21,26H,4,7-10,12-13H2/t21-/m1/s1. The Morgan fingerprint density at radius 2 is 2.04 bits per heavy atom. The maximum Gasteiger partial charge on any atom is 0.107 e. The number of rotatable bonds is 5. The number of hydrogen-bond acceptors (Lipinski definition) is 5. The summed E-state index contributed by atoms with van der Waals surface area (Å²) in [6.07, 6.45) is 2.95. The van der Waals surface area contributed by atoms with Crippen molar-refractivity contribution < 1.29 is 5.11 Å². The first-order chi connectivity index (χ1) is 13.3. The molecule has 0 spiro atoms. The van der Waals surface area contributed by atoms with Gasteiger partial charge < -0.3 is 5.11 Å². The molecule has 3 aromatic rings. The second kappa shape index (κ2) is 7.19. The minimum absolute atomic E-state index is 0.384. The van der Waals surface area contributed by atoms with E-state index in [9.17, 15) is 5.11 Å². The highest BCUT2D eigenvalue weighted by Crippen LogP contribution is 2.40. The van der Waals surface area contributed by atoms with E-state index in [1.54, 1.807) is 11.3 Å². The van der Waals surface area contributed by atoms with Gasteiger partial charge in [0.15, 0.2) is 0 Å². The van der Waals surface area contributed by atoms with Gasteiger partial charge in [0.1, 0.15) is 11.1 Å². The van der Waals surface area contributed by atoms with Crippen LogP contribution < -0.4 is 0 Å². The van der Waals surface area contributed by atoms with Crippen molar-refractivity contribution in [3.8, 4) is 11.3 Å². The van der Waals surface area contributed by atoms with Crippen LogP contribution in [-0.2, 0) is 19.6 Å². The highest BCUT2D eigenvalue weighted by atomic mass is 32.1. The molecule has 0 unspecified atom stereocenters. The first-order valence-corrected chi connectivity index (χ1v) is 10.6. The fourth-order valence-electron chi connectivity index (χ4n) is 3.80. The second-order valence-electron chi connectivity index (χ2n) is 7.62. The van der Waals surface area contributed by atoms with Crippen LogP contribution in [0.15, 0.2) is 41.8 Å². The molecular formula is C21H24N4OS. The predicted octanol–water partition coefficient (Wildman–Crippen LogP) is 3.86. The average Bonchev–Trinajstić information content (AvgIpc) is 3.37. The largest absolute Gasteiger partial charge is 0.386 e. The van der Waals surface area contributed by atoms with Crippen LogP contribution in [0, 0.1) is 5.92 Å². The van der Waals surface area contributed by atoms with E-state index in [0.717, 1.165) is 61.8 Å². The molecule has 140 valence electrons. The molecule has 1 atom stereocenters. The number of aliphatic hydroxyl groups excluding tert-OH is 1. The fraction of sp³-hybridized carbons (Fsp3) is 0.429. The molecule has 0 saturated heterocycles. The Bertz CT molecular complexity index is 915. The Morgan fingerprint density at radius 1 is 1.19 bits per heavy atom. The van der Waals surface area contributed by atoms with Gasteiger partial charge in [-0.1, -0.05) is 30.3 Å². The second-order valence-corrected chi connectivity index (χ2v) is 8.57. The monoisotopic (exact) mass is 380 g/mol. The smallest absolute Gasteiger partial charge is 0.107 e. The van der Waals surface area contributed by atoms with Crippen molar-refractivity contribution >= 4 is 11.3 Å². The molecule has 0 radical (unpaired) electrons. The Balaban J connectivity index is 1.30. The van der Waals surface area contributed by atoms with Gasteiger partial charge in [0.05, 0.1) is 23.6 Å². The zero-order valence-electron chi connectivity index (χ0n) is 15.3. The summed E-state index contributed by atoms with van der Waals surface area (Å²) >= 11 is 1.73. The topological polar surface area (TPSA) is 54.2 Å². The molecule has 5 nitrogen and oxygen atoms in total. The van der Waals surface area contributed by atoms with Gasteiger partial charge in [0.25, 0.3) is 0 Å². The van der Waals surface area contributed by atoms with Crippen LogP contribution in [-0.4, -0.2) is 31.3 Å². The molecule has 1 aliphatic heterocycles. The van der Waals surface area contributed by atoms with Crippen LogP contribution in [0.3, 0.4) is 0 Å². The first-order valence-electron chi connectivity index (χ1n) is 9.73. The number of hydrogen-bond donors (Lipinski definition) is 1. The summed E-state index contributed by atoms with van der Waals surface area (Å²) in [5, 5.41) is 18.4. The van der Waals surface area contributed by atoms with E-state index in [4.69, 9.17) is 4.98 Å². The average molecular weight is 381 g/mol. The number of nitrogens with zero attached hydrogens (tertiary/aromatic N) is 4. The number of fused-ring (bicyclic) bond motifs is 1. The molecule has 0 bridgehead atoms. The molecule has 6 heteroatoms. The molecule has 2 aromatic heterocycles. The van der Waals surface area contributed by atoms with Crippen molar-refractivity contribution in [1.29, 1.82) is 0 Å². The Kier molecular flexibility index (Phi) is 4.55. The Labute approximate surface area is 163 Å². The maximum absolute atomic E-state index is 10.4. The van der Waals surface area contributed by atoms with E-state index < -0.39 is 0 Å². The van der Waals surface area contributed by atoms with E-state index in [2.05, 4.69) is 50.4 Å². The summed E-state index contributed by atoms with van der Waals surface area (Å²) in [6.45, 7) is 3.70. The number of aliphatic hydroxyl groups is 1. The van der Waals surface area contributed by atoms with Gasteiger partial charge in [-0.25, -0.2) is 4.98 Å². The minimum atomic E-state index is -0.384.